The van der Waals surface area contributed by atoms with Crippen molar-refractivity contribution in [2.24, 2.45) is 0 Å². The number of hydrogen-bond acceptors (Lipinski definition) is 3. The Balaban J connectivity index is 1.69. The van der Waals surface area contributed by atoms with Crippen LogP contribution >= 0.6 is 0 Å². The second-order valence-electron chi connectivity index (χ2n) is 8.14. The Labute approximate surface area is 174 Å². The minimum Gasteiger partial charge on any atom is -0.465 e. The second-order valence-corrected chi connectivity index (χ2v) is 8.14. The lowest BCUT2D eigenvalue weighted by Crippen LogP contribution is -2.29. The molecule has 2 N–H and O–H groups in total. The highest BCUT2D eigenvalue weighted by atomic mass is 16.4. The van der Waals surface area contributed by atoms with Crippen molar-refractivity contribution >= 4 is 23.0 Å². The van der Waals surface area contributed by atoms with Crippen LogP contribution in [-0.2, 0) is 6.54 Å². The monoisotopic (exact) mass is 404 g/mol. The standard InChI is InChI=1S/C23H24N4O3/c1-3-26-12-19-17(20-5-4-6-27(20)23(29)30)7-14(8-18(19)22(26)28)15-9-16-13(2)10-24-21(16)25-11-15/h7-11,20H,3-6,12H2,1-2H3,(H,24,25)(H,29,30)/t20-/m0/s1. The molecule has 1 atom stereocenters. The molecule has 0 unspecified atom stereocenters. The molecule has 7 heteroatoms. The number of amides is 2. The number of nitrogens with zero attached hydrogens (tertiary/aromatic N) is 3. The molecule has 2 amide bonds. The van der Waals surface area contributed by atoms with Gasteiger partial charge in [0.1, 0.15) is 5.65 Å². The minimum absolute atomic E-state index is 0.0161. The maximum Gasteiger partial charge on any atom is 0.407 e. The van der Waals surface area contributed by atoms with E-state index in [4.69, 9.17) is 0 Å². The van der Waals surface area contributed by atoms with E-state index in [1.54, 1.807) is 0 Å². The van der Waals surface area contributed by atoms with Crippen molar-refractivity contribution in [1.29, 1.82) is 0 Å². The van der Waals surface area contributed by atoms with Crippen LogP contribution in [0.3, 0.4) is 0 Å². The number of H-pyrrole nitrogens is 1. The van der Waals surface area contributed by atoms with Gasteiger partial charge >= 0.3 is 6.09 Å². The van der Waals surface area contributed by atoms with E-state index in [0.717, 1.165) is 51.7 Å². The van der Waals surface area contributed by atoms with Crippen molar-refractivity contribution in [3.8, 4) is 11.1 Å². The largest absolute Gasteiger partial charge is 0.465 e. The molecular weight excluding hydrogens is 380 g/mol. The zero-order valence-electron chi connectivity index (χ0n) is 17.1. The highest BCUT2D eigenvalue weighted by Gasteiger charge is 2.36. The normalized spacial score (nSPS) is 18.5. The van der Waals surface area contributed by atoms with E-state index in [1.165, 1.54) is 4.90 Å². The molecule has 154 valence electrons. The molecule has 30 heavy (non-hydrogen) atoms. The van der Waals surface area contributed by atoms with Crippen LogP contribution in [0.1, 0.15) is 52.9 Å². The zero-order chi connectivity index (χ0) is 21.0. The van der Waals surface area contributed by atoms with Gasteiger partial charge in [0.2, 0.25) is 0 Å². The Morgan fingerprint density at radius 2 is 2.13 bits per heavy atom. The van der Waals surface area contributed by atoms with Gasteiger partial charge in [0.05, 0.1) is 6.04 Å². The average molecular weight is 404 g/mol. The van der Waals surface area contributed by atoms with Gasteiger partial charge in [-0.05, 0) is 67.1 Å². The fourth-order valence-electron chi connectivity index (χ4n) is 4.83. The third kappa shape index (κ3) is 2.76. The van der Waals surface area contributed by atoms with Crippen molar-refractivity contribution in [3.05, 3.63) is 52.8 Å². The van der Waals surface area contributed by atoms with Gasteiger partial charge in [-0.3, -0.25) is 4.79 Å². The Morgan fingerprint density at radius 1 is 1.30 bits per heavy atom. The van der Waals surface area contributed by atoms with Gasteiger partial charge in [-0.25, -0.2) is 9.78 Å². The molecule has 7 nitrogen and oxygen atoms in total. The third-order valence-electron chi connectivity index (χ3n) is 6.46. The minimum atomic E-state index is -0.903. The van der Waals surface area contributed by atoms with Crippen LogP contribution in [0.5, 0.6) is 0 Å². The molecule has 0 radical (unpaired) electrons. The number of carbonyl (C=O) groups is 2. The number of pyridine rings is 1. The molecule has 0 spiro atoms. The summed E-state index contributed by atoms with van der Waals surface area (Å²) < 4.78 is 0. The van der Waals surface area contributed by atoms with E-state index in [2.05, 4.69) is 22.1 Å². The highest BCUT2D eigenvalue weighted by molar-refractivity contribution is 6.00. The van der Waals surface area contributed by atoms with Crippen LogP contribution in [-0.4, -0.2) is 50.0 Å². The number of aromatic nitrogens is 2. The van der Waals surface area contributed by atoms with Crippen molar-refractivity contribution in [2.45, 2.75) is 39.3 Å². The number of carbonyl (C=O) groups excluding carboxylic acids is 1. The van der Waals surface area contributed by atoms with E-state index in [1.807, 2.05) is 37.2 Å². The summed E-state index contributed by atoms with van der Waals surface area (Å²) in [7, 11) is 0. The Kier molecular flexibility index (Phi) is 4.27. The van der Waals surface area contributed by atoms with Gasteiger partial charge in [-0.1, -0.05) is 0 Å². The summed E-state index contributed by atoms with van der Waals surface area (Å²) in [5.41, 5.74) is 6.39. The van der Waals surface area contributed by atoms with E-state index in [-0.39, 0.29) is 11.9 Å². The summed E-state index contributed by atoms with van der Waals surface area (Å²) in [6, 6.07) is 5.89. The van der Waals surface area contributed by atoms with E-state index in [9.17, 15) is 14.7 Å². The number of carboxylic acid groups (broad SMARTS) is 1. The van der Waals surface area contributed by atoms with Gasteiger partial charge in [-0.2, -0.15) is 0 Å². The van der Waals surface area contributed by atoms with Gasteiger partial charge < -0.3 is 19.9 Å². The van der Waals surface area contributed by atoms with E-state index < -0.39 is 6.09 Å². The SMILES string of the molecule is CCN1Cc2c(cc(-c3cnc4[nH]cc(C)c4c3)cc2[C@@H]2CCCN2C(=O)O)C1=O. The maximum absolute atomic E-state index is 13.0. The van der Waals surface area contributed by atoms with Crippen molar-refractivity contribution in [1.82, 2.24) is 19.8 Å². The molecule has 3 aromatic rings. The summed E-state index contributed by atoms with van der Waals surface area (Å²) in [6.07, 6.45) is 4.44. The van der Waals surface area contributed by atoms with Gasteiger partial charge in [-0.15, -0.1) is 0 Å². The fraction of sp³-hybridized carbons (Fsp3) is 0.348. The molecule has 5 rings (SSSR count). The molecule has 0 saturated carbocycles. The van der Waals surface area contributed by atoms with Crippen LogP contribution in [0.2, 0.25) is 0 Å². The lowest BCUT2D eigenvalue weighted by molar-refractivity contribution is 0.0786. The Bertz CT molecular complexity index is 1180. The number of fused-ring (bicyclic) bond motifs is 2. The second kappa shape index (κ2) is 6.86. The molecular formula is C23H24N4O3. The molecule has 1 fully saturated rings. The molecule has 1 aromatic carbocycles. The summed E-state index contributed by atoms with van der Waals surface area (Å²) in [6.45, 7) is 5.70. The number of likely N-dealkylation sites (tertiary alicyclic amines) is 1. The third-order valence-corrected chi connectivity index (χ3v) is 6.46. The first-order valence-corrected chi connectivity index (χ1v) is 10.4. The first-order chi connectivity index (χ1) is 14.5. The van der Waals surface area contributed by atoms with Crippen molar-refractivity contribution in [2.75, 3.05) is 13.1 Å². The number of nitrogens with one attached hydrogen (secondary N) is 1. The van der Waals surface area contributed by atoms with Gasteiger partial charge in [0.25, 0.3) is 5.91 Å². The number of hydrogen-bond donors (Lipinski definition) is 2. The lowest BCUT2D eigenvalue weighted by atomic mass is 9.91. The predicted octanol–water partition coefficient (Wildman–Crippen LogP) is 4.33. The maximum atomic E-state index is 13.0. The van der Waals surface area contributed by atoms with Crippen LogP contribution in [0.4, 0.5) is 4.79 Å². The van der Waals surface area contributed by atoms with Crippen LogP contribution in [0.15, 0.2) is 30.6 Å². The van der Waals surface area contributed by atoms with Crippen LogP contribution in [0, 0.1) is 6.92 Å². The molecule has 2 aliphatic rings. The zero-order valence-corrected chi connectivity index (χ0v) is 17.1. The first kappa shape index (κ1) is 18.7. The molecule has 2 aliphatic heterocycles. The number of benzene rings is 1. The van der Waals surface area contributed by atoms with Crippen LogP contribution < -0.4 is 0 Å². The first-order valence-electron chi connectivity index (χ1n) is 10.4. The quantitative estimate of drug-likeness (QED) is 0.680. The topological polar surface area (TPSA) is 89.5 Å². The number of rotatable bonds is 3. The summed E-state index contributed by atoms with van der Waals surface area (Å²) in [5, 5.41) is 10.7. The van der Waals surface area contributed by atoms with Gasteiger partial charge in [0, 0.05) is 48.5 Å². The predicted molar refractivity (Wildman–Crippen MR) is 113 cm³/mol. The van der Waals surface area contributed by atoms with E-state index >= 15 is 0 Å². The van der Waals surface area contributed by atoms with E-state index in [0.29, 0.717) is 25.2 Å². The summed E-state index contributed by atoms with van der Waals surface area (Å²) in [5.74, 6) is 0.0161. The Morgan fingerprint density at radius 3 is 2.90 bits per heavy atom. The molecule has 4 heterocycles. The summed E-state index contributed by atoms with van der Waals surface area (Å²) in [4.78, 5) is 35.8. The fourth-order valence-corrected chi connectivity index (χ4v) is 4.83. The summed E-state index contributed by atoms with van der Waals surface area (Å²) >= 11 is 0. The molecule has 0 aliphatic carbocycles. The number of aryl methyl sites for hydroxylation is 1. The lowest BCUT2D eigenvalue weighted by Gasteiger charge is -2.24. The molecule has 0 bridgehead atoms. The smallest absolute Gasteiger partial charge is 0.407 e. The van der Waals surface area contributed by atoms with Gasteiger partial charge in [0.15, 0.2) is 0 Å². The molecule has 2 aromatic heterocycles. The van der Waals surface area contributed by atoms with Crippen molar-refractivity contribution in [3.63, 3.8) is 0 Å². The molecule has 1 saturated heterocycles. The Hall–Kier alpha value is -3.35. The number of aromatic amines is 1. The van der Waals surface area contributed by atoms with Crippen LogP contribution in [0.25, 0.3) is 22.2 Å². The average Bonchev–Trinajstić information content (AvgIpc) is 3.45. The van der Waals surface area contributed by atoms with Crippen molar-refractivity contribution < 1.29 is 14.7 Å². The highest BCUT2D eigenvalue weighted by Crippen LogP contribution is 2.40.